The molecule has 114 valence electrons. The van der Waals surface area contributed by atoms with Crippen LogP contribution in [0.15, 0.2) is 12.3 Å². The number of piperidine rings is 1. The van der Waals surface area contributed by atoms with Gasteiger partial charge in [0.2, 0.25) is 0 Å². The van der Waals surface area contributed by atoms with E-state index in [2.05, 4.69) is 5.10 Å². The first-order valence-electron chi connectivity index (χ1n) is 6.87. The summed E-state index contributed by atoms with van der Waals surface area (Å²) < 4.78 is 1.36. The van der Waals surface area contributed by atoms with Crippen LogP contribution in [-0.4, -0.2) is 50.8 Å². The maximum atomic E-state index is 12.1. The number of aromatic nitrogens is 2. The van der Waals surface area contributed by atoms with Gasteiger partial charge in [0.25, 0.3) is 5.91 Å². The SMILES string of the molecule is CN(C(=O)C=Cc1cn(C)nc1[N+](=O)[O-])N1CCCCC1. The fourth-order valence-electron chi connectivity index (χ4n) is 2.34. The second-order valence-corrected chi connectivity index (χ2v) is 5.05. The molecule has 1 saturated heterocycles. The molecule has 21 heavy (non-hydrogen) atoms. The summed E-state index contributed by atoms with van der Waals surface area (Å²) in [6.45, 7) is 1.73. The van der Waals surface area contributed by atoms with Crippen molar-refractivity contribution in [2.45, 2.75) is 19.3 Å². The molecule has 1 fully saturated rings. The third kappa shape index (κ3) is 3.66. The molecule has 1 amide bonds. The highest BCUT2D eigenvalue weighted by Gasteiger charge is 2.20. The molecule has 2 rings (SSSR count). The number of carbonyl (C=O) groups is 1. The van der Waals surface area contributed by atoms with E-state index in [-0.39, 0.29) is 11.7 Å². The maximum absolute atomic E-state index is 12.1. The maximum Gasteiger partial charge on any atom is 0.397 e. The smallest absolute Gasteiger partial charge is 0.358 e. The van der Waals surface area contributed by atoms with E-state index in [1.807, 2.05) is 5.01 Å². The molecule has 2 heterocycles. The number of aryl methyl sites for hydroxylation is 1. The topological polar surface area (TPSA) is 84.5 Å². The molecule has 0 atom stereocenters. The molecule has 1 aromatic heterocycles. The first-order valence-corrected chi connectivity index (χ1v) is 6.87. The Morgan fingerprint density at radius 2 is 2.10 bits per heavy atom. The van der Waals surface area contributed by atoms with Crippen molar-refractivity contribution >= 4 is 17.8 Å². The highest BCUT2D eigenvalue weighted by molar-refractivity contribution is 5.91. The lowest BCUT2D eigenvalue weighted by atomic mass is 10.2. The minimum atomic E-state index is -0.557. The summed E-state index contributed by atoms with van der Waals surface area (Å²) in [6, 6.07) is 0. The fraction of sp³-hybridized carbons (Fsp3) is 0.538. The van der Waals surface area contributed by atoms with Crippen molar-refractivity contribution in [2.24, 2.45) is 7.05 Å². The van der Waals surface area contributed by atoms with Gasteiger partial charge in [-0.15, -0.1) is 0 Å². The molecule has 0 bridgehead atoms. The van der Waals surface area contributed by atoms with E-state index in [1.54, 1.807) is 19.1 Å². The van der Waals surface area contributed by atoms with E-state index < -0.39 is 4.92 Å². The van der Waals surface area contributed by atoms with Crippen LogP contribution in [0.2, 0.25) is 0 Å². The van der Waals surface area contributed by atoms with Crippen molar-refractivity contribution in [1.82, 2.24) is 19.8 Å². The Labute approximate surface area is 122 Å². The Bertz CT molecular complexity index is 560. The van der Waals surface area contributed by atoms with Crippen molar-refractivity contribution in [3.8, 4) is 0 Å². The molecule has 8 nitrogen and oxygen atoms in total. The summed E-state index contributed by atoms with van der Waals surface area (Å²) >= 11 is 0. The molecule has 0 spiro atoms. The first-order chi connectivity index (χ1) is 9.99. The van der Waals surface area contributed by atoms with Crippen LogP contribution in [0.1, 0.15) is 24.8 Å². The molecule has 0 radical (unpaired) electrons. The molecular weight excluding hydrogens is 274 g/mol. The van der Waals surface area contributed by atoms with E-state index in [9.17, 15) is 14.9 Å². The van der Waals surface area contributed by atoms with Gasteiger partial charge in [0.05, 0.1) is 23.9 Å². The van der Waals surface area contributed by atoms with Crippen molar-refractivity contribution in [3.63, 3.8) is 0 Å². The Kier molecular flexibility index (Phi) is 4.69. The summed E-state index contributed by atoms with van der Waals surface area (Å²) in [5.41, 5.74) is 0.322. The van der Waals surface area contributed by atoms with E-state index in [4.69, 9.17) is 0 Å². The van der Waals surface area contributed by atoms with Gasteiger partial charge < -0.3 is 10.1 Å². The van der Waals surface area contributed by atoms with Gasteiger partial charge in [0.15, 0.2) is 0 Å². The Balaban J connectivity index is 2.06. The molecule has 1 aromatic rings. The second-order valence-electron chi connectivity index (χ2n) is 5.05. The van der Waals surface area contributed by atoms with Crippen molar-refractivity contribution in [1.29, 1.82) is 0 Å². The standard InChI is InChI=1S/C13H19N5O3/c1-15-10-11(13(14-15)18(20)21)6-7-12(19)16(2)17-8-4-3-5-9-17/h6-7,10H,3-5,8-9H2,1-2H3. The van der Waals surface area contributed by atoms with E-state index in [1.165, 1.54) is 29.5 Å². The molecular formula is C13H19N5O3. The average molecular weight is 293 g/mol. The molecule has 0 unspecified atom stereocenters. The molecule has 0 N–H and O–H groups in total. The van der Waals surface area contributed by atoms with Crippen LogP contribution < -0.4 is 0 Å². The number of hydrazine groups is 1. The molecule has 1 aliphatic rings. The quantitative estimate of drug-likeness (QED) is 0.473. The molecule has 0 saturated carbocycles. The predicted octanol–water partition coefficient (Wildman–Crippen LogP) is 1.20. The lowest BCUT2D eigenvalue weighted by molar-refractivity contribution is -0.390. The van der Waals surface area contributed by atoms with Crippen LogP contribution in [0.3, 0.4) is 0 Å². The van der Waals surface area contributed by atoms with E-state index in [0.717, 1.165) is 25.9 Å². The summed E-state index contributed by atoms with van der Waals surface area (Å²) in [4.78, 5) is 22.4. The zero-order chi connectivity index (χ0) is 15.4. The summed E-state index contributed by atoms with van der Waals surface area (Å²) in [6.07, 6.45) is 7.65. The largest absolute Gasteiger partial charge is 0.397 e. The van der Waals surface area contributed by atoms with Gasteiger partial charge in [-0.05, 0) is 23.8 Å². The monoisotopic (exact) mass is 293 g/mol. The predicted molar refractivity (Wildman–Crippen MR) is 77.1 cm³/mol. The van der Waals surface area contributed by atoms with Gasteiger partial charge in [0, 0.05) is 26.2 Å². The molecule has 0 aliphatic carbocycles. The molecule has 8 heteroatoms. The fourth-order valence-corrected chi connectivity index (χ4v) is 2.34. The zero-order valence-electron chi connectivity index (χ0n) is 12.2. The number of hydrogen-bond donors (Lipinski definition) is 0. The number of carbonyl (C=O) groups excluding carboxylic acids is 1. The van der Waals surface area contributed by atoms with Crippen molar-refractivity contribution < 1.29 is 9.72 Å². The Hall–Kier alpha value is -2.22. The van der Waals surface area contributed by atoms with Crippen LogP contribution in [-0.2, 0) is 11.8 Å². The average Bonchev–Trinajstić information content (AvgIpc) is 2.86. The van der Waals surface area contributed by atoms with Crippen LogP contribution in [0.5, 0.6) is 0 Å². The van der Waals surface area contributed by atoms with Gasteiger partial charge in [-0.3, -0.25) is 9.80 Å². The minimum absolute atomic E-state index is 0.199. The number of rotatable bonds is 4. The third-order valence-electron chi connectivity index (χ3n) is 3.49. The van der Waals surface area contributed by atoms with Crippen LogP contribution in [0.25, 0.3) is 6.08 Å². The number of hydrogen-bond acceptors (Lipinski definition) is 5. The number of likely N-dealkylation sites (N-methyl/N-ethyl adjacent to an activating group) is 1. The number of amides is 1. The lowest BCUT2D eigenvalue weighted by Crippen LogP contribution is -2.45. The highest BCUT2D eigenvalue weighted by Crippen LogP contribution is 2.17. The zero-order valence-corrected chi connectivity index (χ0v) is 12.2. The van der Waals surface area contributed by atoms with Gasteiger partial charge in [-0.1, -0.05) is 6.42 Å². The van der Waals surface area contributed by atoms with Gasteiger partial charge in [-0.2, -0.15) is 4.68 Å². The van der Waals surface area contributed by atoms with Crippen molar-refractivity contribution in [3.05, 3.63) is 28.0 Å². The van der Waals surface area contributed by atoms with Crippen LogP contribution in [0, 0.1) is 10.1 Å². The van der Waals surface area contributed by atoms with Crippen LogP contribution in [0.4, 0.5) is 5.82 Å². The Morgan fingerprint density at radius 1 is 1.43 bits per heavy atom. The molecule has 0 aromatic carbocycles. The van der Waals surface area contributed by atoms with Crippen LogP contribution >= 0.6 is 0 Å². The summed E-state index contributed by atoms with van der Waals surface area (Å²) in [7, 11) is 3.32. The number of nitrogens with zero attached hydrogens (tertiary/aromatic N) is 5. The minimum Gasteiger partial charge on any atom is -0.358 e. The summed E-state index contributed by atoms with van der Waals surface area (Å²) in [5.74, 6) is -0.447. The van der Waals surface area contributed by atoms with Gasteiger partial charge in [0.1, 0.15) is 0 Å². The highest BCUT2D eigenvalue weighted by atomic mass is 16.6. The van der Waals surface area contributed by atoms with Crippen molar-refractivity contribution in [2.75, 3.05) is 20.1 Å². The Morgan fingerprint density at radius 3 is 2.71 bits per heavy atom. The first kappa shape index (κ1) is 15.2. The van der Waals surface area contributed by atoms with E-state index in [0.29, 0.717) is 5.56 Å². The normalized spacial score (nSPS) is 16.3. The second kappa shape index (κ2) is 6.49. The lowest BCUT2D eigenvalue weighted by Gasteiger charge is -2.34. The summed E-state index contributed by atoms with van der Waals surface area (Å²) in [5, 5.41) is 18.2. The third-order valence-corrected chi connectivity index (χ3v) is 3.49. The van der Waals surface area contributed by atoms with E-state index >= 15 is 0 Å². The molecule has 1 aliphatic heterocycles. The van der Waals surface area contributed by atoms with Gasteiger partial charge in [-0.25, -0.2) is 5.01 Å². The number of nitro groups is 1. The van der Waals surface area contributed by atoms with Gasteiger partial charge >= 0.3 is 5.82 Å².